The van der Waals surface area contributed by atoms with Crippen molar-refractivity contribution in [1.29, 1.82) is 0 Å². The number of hydrogen-bond donors (Lipinski definition) is 6. The van der Waals surface area contributed by atoms with Crippen molar-refractivity contribution in [2.45, 2.75) is 0 Å². The molecule has 6 N–H and O–H groups in total. The van der Waals surface area contributed by atoms with E-state index < -0.39 is 74.1 Å². The molecule has 0 heterocycles. The summed E-state index contributed by atoms with van der Waals surface area (Å²) in [7, 11) is 0. The molecule has 0 bridgehead atoms. The first kappa shape index (κ1) is 15.2. The lowest BCUT2D eigenvalue weighted by molar-refractivity contribution is 0.0689. The maximum Gasteiger partial charge on any atom is 0.343 e. The monoisotopic (exact) mass is 332 g/mol. The van der Waals surface area contributed by atoms with Gasteiger partial charge < -0.3 is 30.6 Å². The minimum Gasteiger partial charge on any atom is -0.507 e. The van der Waals surface area contributed by atoms with Gasteiger partial charge in [-0.05, 0) is 6.07 Å². The van der Waals surface area contributed by atoms with Crippen LogP contribution in [-0.4, -0.2) is 48.2 Å². The first-order valence-electron chi connectivity index (χ1n) is 6.36. The van der Waals surface area contributed by atoms with Gasteiger partial charge in [0.2, 0.25) is 5.78 Å². The number of phenolic OH excluding ortho intramolecular Hbond substituents is 3. The van der Waals surface area contributed by atoms with Crippen molar-refractivity contribution < 1.29 is 45.0 Å². The smallest absolute Gasteiger partial charge is 0.343 e. The highest BCUT2D eigenvalue weighted by Crippen LogP contribution is 2.46. The van der Waals surface area contributed by atoms with Crippen molar-refractivity contribution in [1.82, 2.24) is 0 Å². The van der Waals surface area contributed by atoms with E-state index >= 15 is 0 Å². The van der Waals surface area contributed by atoms with E-state index in [1.54, 1.807) is 0 Å². The van der Waals surface area contributed by atoms with E-state index in [9.17, 15) is 39.9 Å². The number of carboxylic acid groups (broad SMARTS) is 1. The molecule has 122 valence electrons. The van der Waals surface area contributed by atoms with Crippen LogP contribution >= 0.6 is 0 Å². The molecule has 0 atom stereocenters. The number of phenols is 5. The lowest BCUT2D eigenvalue weighted by Crippen LogP contribution is -2.22. The molecule has 0 saturated heterocycles. The summed E-state index contributed by atoms with van der Waals surface area (Å²) in [6.45, 7) is 0. The minimum atomic E-state index is -1.74. The molecule has 2 aromatic rings. The molecule has 0 aromatic heterocycles. The van der Waals surface area contributed by atoms with Crippen molar-refractivity contribution in [2.75, 3.05) is 0 Å². The van der Waals surface area contributed by atoms with Crippen molar-refractivity contribution in [3.63, 3.8) is 0 Å². The third kappa shape index (κ3) is 1.72. The van der Waals surface area contributed by atoms with Gasteiger partial charge in [-0.1, -0.05) is 0 Å². The summed E-state index contributed by atoms with van der Waals surface area (Å²) in [6, 6.07) is 1.28. The number of ketones is 2. The van der Waals surface area contributed by atoms with E-state index in [2.05, 4.69) is 0 Å². The lowest BCUT2D eigenvalue weighted by Gasteiger charge is -2.21. The predicted molar refractivity (Wildman–Crippen MR) is 75.0 cm³/mol. The average molecular weight is 332 g/mol. The predicted octanol–water partition coefficient (Wildman–Crippen LogP) is 0.688. The average Bonchev–Trinajstić information content (AvgIpc) is 2.47. The third-order valence-electron chi connectivity index (χ3n) is 3.68. The highest BCUT2D eigenvalue weighted by molar-refractivity contribution is 6.32. The van der Waals surface area contributed by atoms with E-state index in [4.69, 9.17) is 5.11 Å². The molecule has 2 aromatic carbocycles. The molecular weight excluding hydrogens is 324 g/mol. The molecule has 24 heavy (non-hydrogen) atoms. The molecule has 0 spiro atoms. The van der Waals surface area contributed by atoms with Gasteiger partial charge in [-0.3, -0.25) is 9.59 Å². The van der Waals surface area contributed by atoms with Crippen LogP contribution in [0.5, 0.6) is 28.7 Å². The molecule has 1 aliphatic rings. The summed E-state index contributed by atoms with van der Waals surface area (Å²) in [4.78, 5) is 36.1. The zero-order valence-electron chi connectivity index (χ0n) is 11.6. The number of hydrogen-bond acceptors (Lipinski definition) is 8. The molecule has 0 amide bonds. The second-order valence-electron chi connectivity index (χ2n) is 5.02. The fourth-order valence-corrected chi connectivity index (χ4v) is 2.63. The molecule has 0 fully saturated rings. The second-order valence-corrected chi connectivity index (χ2v) is 5.02. The maximum atomic E-state index is 12.5. The molecule has 9 nitrogen and oxygen atoms in total. The van der Waals surface area contributed by atoms with Crippen LogP contribution in [0.3, 0.4) is 0 Å². The Kier molecular flexibility index (Phi) is 2.92. The van der Waals surface area contributed by atoms with Gasteiger partial charge in [0.05, 0.1) is 16.7 Å². The summed E-state index contributed by atoms with van der Waals surface area (Å²) < 4.78 is 0. The van der Waals surface area contributed by atoms with Crippen LogP contribution in [0.1, 0.15) is 42.2 Å². The van der Waals surface area contributed by atoms with Crippen LogP contribution in [0.25, 0.3) is 0 Å². The van der Waals surface area contributed by atoms with E-state index in [-0.39, 0.29) is 0 Å². The van der Waals surface area contributed by atoms with Crippen LogP contribution in [0, 0.1) is 0 Å². The number of benzene rings is 2. The zero-order chi connectivity index (χ0) is 17.9. The van der Waals surface area contributed by atoms with Crippen molar-refractivity contribution in [3.8, 4) is 28.7 Å². The van der Waals surface area contributed by atoms with Gasteiger partial charge in [-0.2, -0.15) is 0 Å². The first-order chi connectivity index (χ1) is 11.2. The summed E-state index contributed by atoms with van der Waals surface area (Å²) in [5, 5.41) is 57.8. The highest BCUT2D eigenvalue weighted by Gasteiger charge is 2.40. The fourth-order valence-electron chi connectivity index (χ4n) is 2.63. The second kappa shape index (κ2) is 4.62. The van der Waals surface area contributed by atoms with Crippen LogP contribution in [0.15, 0.2) is 12.1 Å². The van der Waals surface area contributed by atoms with Gasteiger partial charge in [0.15, 0.2) is 17.3 Å². The standard InChI is InChI=1S/C15H8O9/c16-4-1-3-7(14(22)9(4)15(23)24)13(21)8-5(17)2-6(18)12(20)10(8)11(3)19/h1-2,16-18,20,22H,(H,23,24). The highest BCUT2D eigenvalue weighted by atomic mass is 16.4. The largest absolute Gasteiger partial charge is 0.507 e. The Morgan fingerprint density at radius 3 is 1.92 bits per heavy atom. The van der Waals surface area contributed by atoms with Gasteiger partial charge in [-0.15, -0.1) is 0 Å². The van der Waals surface area contributed by atoms with Gasteiger partial charge in [0, 0.05) is 11.6 Å². The number of carbonyl (C=O) groups is 3. The Balaban J connectivity index is 2.45. The zero-order valence-corrected chi connectivity index (χ0v) is 11.6. The summed E-state index contributed by atoms with van der Waals surface area (Å²) in [6.07, 6.45) is 0. The number of fused-ring (bicyclic) bond motifs is 2. The third-order valence-corrected chi connectivity index (χ3v) is 3.68. The van der Waals surface area contributed by atoms with Crippen LogP contribution in [-0.2, 0) is 0 Å². The van der Waals surface area contributed by atoms with Gasteiger partial charge in [0.25, 0.3) is 0 Å². The molecule has 3 rings (SSSR count). The lowest BCUT2D eigenvalue weighted by atomic mass is 9.81. The van der Waals surface area contributed by atoms with Gasteiger partial charge in [0.1, 0.15) is 22.8 Å². The van der Waals surface area contributed by atoms with E-state index in [1.165, 1.54) is 0 Å². The molecule has 0 unspecified atom stereocenters. The molecule has 0 saturated carbocycles. The SMILES string of the molecule is O=C(O)c1c(O)cc2c(c1O)C(=O)c1c(O)cc(O)c(O)c1C2=O. The number of aromatic carboxylic acids is 1. The first-order valence-corrected chi connectivity index (χ1v) is 6.36. The number of carbonyl (C=O) groups excluding carboxylic acids is 2. The van der Waals surface area contributed by atoms with Crippen molar-refractivity contribution >= 4 is 17.5 Å². The number of aromatic hydroxyl groups is 5. The Hall–Kier alpha value is -3.75. The number of carboxylic acids is 1. The molecule has 9 heteroatoms. The van der Waals surface area contributed by atoms with Crippen LogP contribution in [0.4, 0.5) is 0 Å². The van der Waals surface area contributed by atoms with E-state index in [0.717, 1.165) is 0 Å². The number of rotatable bonds is 1. The minimum absolute atomic E-state index is 0.576. The van der Waals surface area contributed by atoms with Gasteiger partial charge in [-0.25, -0.2) is 4.79 Å². The van der Waals surface area contributed by atoms with Gasteiger partial charge >= 0.3 is 5.97 Å². The summed E-state index contributed by atoms with van der Waals surface area (Å²) in [5.41, 5.74) is -3.70. The summed E-state index contributed by atoms with van der Waals surface area (Å²) in [5.74, 6) is -8.75. The van der Waals surface area contributed by atoms with Crippen LogP contribution in [0.2, 0.25) is 0 Å². The molecule has 1 aliphatic carbocycles. The Morgan fingerprint density at radius 1 is 0.708 bits per heavy atom. The normalized spacial score (nSPS) is 12.7. The van der Waals surface area contributed by atoms with E-state index in [0.29, 0.717) is 12.1 Å². The van der Waals surface area contributed by atoms with E-state index in [1.807, 2.05) is 0 Å². The van der Waals surface area contributed by atoms with Crippen molar-refractivity contribution in [3.05, 3.63) is 39.9 Å². The summed E-state index contributed by atoms with van der Waals surface area (Å²) >= 11 is 0. The maximum absolute atomic E-state index is 12.5. The Morgan fingerprint density at radius 2 is 1.33 bits per heavy atom. The molecule has 0 aliphatic heterocycles. The quantitative estimate of drug-likeness (QED) is 0.277. The molecule has 0 radical (unpaired) electrons. The topological polar surface area (TPSA) is 173 Å². The Labute approximate surface area is 132 Å². The van der Waals surface area contributed by atoms with Crippen molar-refractivity contribution in [2.24, 2.45) is 0 Å². The van der Waals surface area contributed by atoms with Crippen LogP contribution < -0.4 is 0 Å². The fraction of sp³-hybridized carbons (Fsp3) is 0. The molecular formula is C15H8O9. The Bertz CT molecular complexity index is 972.